The Morgan fingerprint density at radius 3 is 2.58 bits per heavy atom. The summed E-state index contributed by atoms with van der Waals surface area (Å²) >= 11 is 5.64. The fraction of sp³-hybridized carbons (Fsp3) is 0.292. The molecule has 1 N–H and O–H groups in total. The molecule has 0 saturated heterocycles. The Kier molecular flexibility index (Phi) is 6.04. The van der Waals surface area contributed by atoms with Crippen LogP contribution in [0.4, 0.5) is 0 Å². The van der Waals surface area contributed by atoms with E-state index in [0.717, 1.165) is 40.3 Å². The number of allylic oxidation sites excluding steroid dienone is 1. The average molecular weight is 435 g/mol. The van der Waals surface area contributed by atoms with Gasteiger partial charge in [-0.3, -0.25) is 0 Å². The summed E-state index contributed by atoms with van der Waals surface area (Å²) in [6.07, 6.45) is 0. The molecule has 1 aliphatic heterocycles. The second-order valence-corrected chi connectivity index (χ2v) is 7.81. The second kappa shape index (κ2) is 8.89. The van der Waals surface area contributed by atoms with Crippen LogP contribution in [0.1, 0.15) is 43.8 Å². The highest BCUT2D eigenvalue weighted by Crippen LogP contribution is 2.37. The molecule has 1 atom stereocenters. The number of aromatic nitrogens is 2. The van der Waals surface area contributed by atoms with E-state index in [2.05, 4.69) is 17.4 Å². The van der Waals surface area contributed by atoms with Crippen molar-refractivity contribution in [3.8, 4) is 17.1 Å². The number of aryl methyl sites for hydroxylation is 1. The Hall–Kier alpha value is -3.19. The molecule has 2 aromatic carbocycles. The van der Waals surface area contributed by atoms with Crippen LogP contribution in [0.2, 0.25) is 0 Å². The molecule has 1 aliphatic rings. The van der Waals surface area contributed by atoms with E-state index >= 15 is 0 Å². The number of rotatable bonds is 6. The van der Waals surface area contributed by atoms with Crippen LogP contribution in [-0.2, 0) is 0 Å². The van der Waals surface area contributed by atoms with E-state index in [4.69, 9.17) is 26.5 Å². The van der Waals surface area contributed by atoms with Gasteiger partial charge in [-0.1, -0.05) is 41.1 Å². The van der Waals surface area contributed by atoms with E-state index in [1.807, 2.05) is 74.2 Å². The first-order chi connectivity index (χ1) is 15.0. The molecular formula is C24H26N4O2S. The number of nitrogens with zero attached hydrogens (tertiary/aromatic N) is 3. The van der Waals surface area contributed by atoms with E-state index in [9.17, 15) is 0 Å². The zero-order valence-corrected chi connectivity index (χ0v) is 19.0. The van der Waals surface area contributed by atoms with E-state index in [0.29, 0.717) is 23.4 Å². The van der Waals surface area contributed by atoms with Crippen molar-refractivity contribution in [3.63, 3.8) is 0 Å². The number of ether oxygens (including phenoxy) is 1. The first kappa shape index (κ1) is 21.1. The molecule has 160 valence electrons. The van der Waals surface area contributed by atoms with Crippen LogP contribution in [-0.4, -0.2) is 33.3 Å². The van der Waals surface area contributed by atoms with E-state index in [-0.39, 0.29) is 6.04 Å². The van der Waals surface area contributed by atoms with Gasteiger partial charge in [-0.05, 0) is 63.7 Å². The fourth-order valence-corrected chi connectivity index (χ4v) is 4.23. The van der Waals surface area contributed by atoms with Crippen LogP contribution >= 0.6 is 12.2 Å². The molecule has 3 aromatic rings. The molecule has 1 aromatic heterocycles. The number of nitrogens with one attached hydrogen (secondary N) is 1. The van der Waals surface area contributed by atoms with Gasteiger partial charge in [0.25, 0.3) is 5.89 Å². The molecule has 0 saturated carbocycles. The van der Waals surface area contributed by atoms with Crippen LogP contribution in [0.25, 0.3) is 17.0 Å². The number of thiocarbonyl (C=S) groups is 1. The molecule has 6 nitrogen and oxygen atoms in total. The second-order valence-electron chi connectivity index (χ2n) is 7.42. The van der Waals surface area contributed by atoms with Crippen molar-refractivity contribution in [3.05, 3.63) is 71.2 Å². The minimum atomic E-state index is -0.197. The van der Waals surface area contributed by atoms with E-state index < -0.39 is 0 Å². The topological polar surface area (TPSA) is 63.4 Å². The molecule has 0 spiro atoms. The van der Waals surface area contributed by atoms with Crippen molar-refractivity contribution >= 4 is 22.9 Å². The highest BCUT2D eigenvalue weighted by atomic mass is 32.1. The van der Waals surface area contributed by atoms with Gasteiger partial charge < -0.3 is 19.5 Å². The molecule has 0 fully saturated rings. The van der Waals surface area contributed by atoms with Crippen molar-refractivity contribution in [1.82, 2.24) is 20.4 Å². The molecule has 0 bridgehead atoms. The van der Waals surface area contributed by atoms with Crippen molar-refractivity contribution in [1.29, 1.82) is 0 Å². The van der Waals surface area contributed by atoms with Gasteiger partial charge in [0, 0.05) is 17.8 Å². The third-order valence-corrected chi connectivity index (χ3v) is 5.71. The van der Waals surface area contributed by atoms with Gasteiger partial charge in [0.05, 0.1) is 18.2 Å². The summed E-state index contributed by atoms with van der Waals surface area (Å²) in [4.78, 5) is 6.79. The lowest BCUT2D eigenvalue weighted by molar-refractivity contribution is 0.340. The molecule has 0 radical (unpaired) electrons. The van der Waals surface area contributed by atoms with E-state index in [1.54, 1.807) is 0 Å². The first-order valence-corrected chi connectivity index (χ1v) is 10.8. The van der Waals surface area contributed by atoms with Crippen molar-refractivity contribution in [2.45, 2.75) is 33.7 Å². The normalized spacial score (nSPS) is 16.5. The lowest BCUT2D eigenvalue weighted by Gasteiger charge is -2.36. The Labute approximate surface area is 187 Å². The van der Waals surface area contributed by atoms with Gasteiger partial charge in [-0.25, -0.2) is 0 Å². The van der Waals surface area contributed by atoms with Crippen LogP contribution in [0.15, 0.2) is 58.8 Å². The number of benzene rings is 2. The summed E-state index contributed by atoms with van der Waals surface area (Å²) < 4.78 is 11.3. The van der Waals surface area contributed by atoms with Crippen LogP contribution in [0.3, 0.4) is 0 Å². The summed E-state index contributed by atoms with van der Waals surface area (Å²) in [5.74, 6) is 1.89. The Bertz CT molecular complexity index is 1120. The van der Waals surface area contributed by atoms with Gasteiger partial charge in [0.1, 0.15) is 5.75 Å². The van der Waals surface area contributed by atoms with Gasteiger partial charge in [0.15, 0.2) is 5.11 Å². The molecule has 0 aliphatic carbocycles. The van der Waals surface area contributed by atoms with Gasteiger partial charge in [0.2, 0.25) is 5.82 Å². The Morgan fingerprint density at radius 1 is 1.13 bits per heavy atom. The van der Waals surface area contributed by atoms with Crippen LogP contribution < -0.4 is 10.1 Å². The third-order valence-electron chi connectivity index (χ3n) is 5.37. The largest absolute Gasteiger partial charge is 0.494 e. The highest BCUT2D eigenvalue weighted by molar-refractivity contribution is 7.80. The predicted octanol–water partition coefficient (Wildman–Crippen LogP) is 5.13. The summed E-state index contributed by atoms with van der Waals surface area (Å²) in [6.45, 7) is 9.51. The van der Waals surface area contributed by atoms with Crippen molar-refractivity contribution < 1.29 is 9.26 Å². The molecule has 0 amide bonds. The first-order valence-electron chi connectivity index (χ1n) is 10.4. The molecule has 7 heteroatoms. The SMILES string of the molecule is CCOc1ccc(C2NC(=S)N(CC)C(C)=C2c2nc(-c3cccc(C)c3)no2)cc1. The molecule has 4 rings (SSSR count). The standard InChI is InChI=1S/C24H26N4O2S/c1-5-28-16(4)20(23-26-22(27-30-23)18-9-7-8-15(3)14-18)21(25-24(28)31)17-10-12-19(13-11-17)29-6-2/h7-14,21H,5-6H2,1-4H3,(H,25,31). The van der Waals surface area contributed by atoms with Crippen LogP contribution in [0, 0.1) is 6.92 Å². The monoisotopic (exact) mass is 434 g/mol. The van der Waals surface area contributed by atoms with Gasteiger partial charge in [-0.2, -0.15) is 4.98 Å². The lowest BCUT2D eigenvalue weighted by atomic mass is 9.94. The van der Waals surface area contributed by atoms with Gasteiger partial charge >= 0.3 is 0 Å². The number of hydrogen-bond donors (Lipinski definition) is 1. The molecular weight excluding hydrogens is 408 g/mol. The Morgan fingerprint density at radius 2 is 1.90 bits per heavy atom. The predicted molar refractivity (Wildman–Crippen MR) is 126 cm³/mol. The van der Waals surface area contributed by atoms with Crippen molar-refractivity contribution in [2.75, 3.05) is 13.2 Å². The zero-order valence-electron chi connectivity index (χ0n) is 18.2. The lowest BCUT2D eigenvalue weighted by Crippen LogP contribution is -2.45. The Balaban J connectivity index is 1.77. The minimum absolute atomic E-state index is 0.197. The third kappa shape index (κ3) is 4.18. The maximum absolute atomic E-state index is 5.76. The minimum Gasteiger partial charge on any atom is -0.494 e. The zero-order chi connectivity index (χ0) is 22.0. The summed E-state index contributed by atoms with van der Waals surface area (Å²) in [7, 11) is 0. The summed E-state index contributed by atoms with van der Waals surface area (Å²) in [6, 6.07) is 15.9. The smallest absolute Gasteiger partial charge is 0.258 e. The molecule has 2 heterocycles. The molecule has 1 unspecified atom stereocenters. The summed E-state index contributed by atoms with van der Waals surface area (Å²) in [5.41, 5.74) is 5.05. The van der Waals surface area contributed by atoms with Gasteiger partial charge in [-0.15, -0.1) is 0 Å². The average Bonchev–Trinajstić information content (AvgIpc) is 3.24. The van der Waals surface area contributed by atoms with Crippen LogP contribution in [0.5, 0.6) is 5.75 Å². The summed E-state index contributed by atoms with van der Waals surface area (Å²) in [5, 5.41) is 8.39. The van der Waals surface area contributed by atoms with Crippen molar-refractivity contribution in [2.24, 2.45) is 0 Å². The maximum Gasteiger partial charge on any atom is 0.258 e. The highest BCUT2D eigenvalue weighted by Gasteiger charge is 2.33. The number of hydrogen-bond acceptors (Lipinski definition) is 5. The fourth-order valence-electron chi connectivity index (χ4n) is 3.85. The quantitative estimate of drug-likeness (QED) is 0.540. The molecule has 31 heavy (non-hydrogen) atoms. The maximum atomic E-state index is 5.76. The van der Waals surface area contributed by atoms with E-state index in [1.165, 1.54) is 0 Å².